The number of nitrogens with one attached hydrogen (secondary N) is 1. The number of pyridine rings is 1. The molecule has 0 aliphatic carbocycles. The van der Waals surface area contributed by atoms with Gasteiger partial charge in [0, 0.05) is 43.5 Å². The van der Waals surface area contributed by atoms with Crippen molar-refractivity contribution >= 4 is 17.3 Å². The van der Waals surface area contributed by atoms with Crippen LogP contribution in [-0.4, -0.2) is 32.7 Å². The lowest BCUT2D eigenvalue weighted by Gasteiger charge is -2.28. The zero-order valence-electron chi connectivity index (χ0n) is 15.6. The summed E-state index contributed by atoms with van der Waals surface area (Å²) < 4.78 is 1.89. The topological polar surface area (TPSA) is 93.6 Å². The van der Waals surface area contributed by atoms with Crippen LogP contribution >= 0.6 is 0 Å². The molecule has 0 bridgehead atoms. The summed E-state index contributed by atoms with van der Waals surface area (Å²) in [7, 11) is 0. The van der Waals surface area contributed by atoms with Crippen LogP contribution in [0.3, 0.4) is 0 Å². The van der Waals surface area contributed by atoms with Gasteiger partial charge in [0.05, 0.1) is 6.20 Å². The Morgan fingerprint density at radius 2 is 2.04 bits per heavy atom. The molecule has 0 unspecified atom stereocenters. The molecule has 0 radical (unpaired) electrons. The fourth-order valence-electron chi connectivity index (χ4n) is 3.43. The maximum absolute atomic E-state index is 5.13. The quantitative estimate of drug-likeness (QED) is 0.647. The Kier molecular flexibility index (Phi) is 5.06. The van der Waals surface area contributed by atoms with Gasteiger partial charge in [-0.3, -0.25) is 0 Å². The van der Waals surface area contributed by atoms with Gasteiger partial charge < -0.3 is 15.1 Å². The van der Waals surface area contributed by atoms with E-state index in [1.54, 1.807) is 12.3 Å². The Morgan fingerprint density at radius 1 is 1.19 bits per heavy atom. The Bertz CT molecular complexity index is 900. The van der Waals surface area contributed by atoms with Gasteiger partial charge in [0.2, 0.25) is 5.88 Å². The second-order valence-electron chi connectivity index (χ2n) is 6.78. The largest absolute Gasteiger partial charge is 0.391 e. The van der Waals surface area contributed by atoms with Crippen LogP contribution in [0.1, 0.15) is 37.3 Å². The van der Waals surface area contributed by atoms with Crippen LogP contribution in [0.25, 0.3) is 5.65 Å². The van der Waals surface area contributed by atoms with Crippen molar-refractivity contribution in [3.8, 4) is 5.88 Å². The van der Waals surface area contributed by atoms with Gasteiger partial charge in [0.15, 0.2) is 5.65 Å². The molecule has 0 amide bonds. The van der Waals surface area contributed by atoms with Gasteiger partial charge >= 0.3 is 0 Å². The van der Waals surface area contributed by atoms with E-state index >= 15 is 0 Å². The number of anilines is 2. The summed E-state index contributed by atoms with van der Waals surface area (Å²) in [5.41, 5.74) is 3.11. The summed E-state index contributed by atoms with van der Waals surface area (Å²) in [5.74, 6) is 7.48. The Balaban J connectivity index is 1.63. The lowest BCUT2D eigenvalue weighted by atomic mass is 10.1. The Morgan fingerprint density at radius 3 is 2.74 bits per heavy atom. The number of hydrogen-bond donors (Lipinski definition) is 2. The van der Waals surface area contributed by atoms with Crippen molar-refractivity contribution in [1.82, 2.24) is 19.6 Å². The van der Waals surface area contributed by atoms with Crippen LogP contribution in [0.4, 0.5) is 11.6 Å². The molecule has 0 spiro atoms. The van der Waals surface area contributed by atoms with Gasteiger partial charge in [-0.1, -0.05) is 13.0 Å². The highest BCUT2D eigenvalue weighted by Crippen LogP contribution is 2.24. The van der Waals surface area contributed by atoms with Crippen LogP contribution in [0.15, 0.2) is 30.6 Å². The molecule has 1 saturated heterocycles. The molecule has 3 aromatic rings. The third-order valence-electron chi connectivity index (χ3n) is 4.98. The highest BCUT2D eigenvalue weighted by molar-refractivity contribution is 5.61. The first kappa shape index (κ1) is 17.5. The number of aryl methyl sites for hydroxylation is 1. The number of rotatable bonds is 6. The van der Waals surface area contributed by atoms with E-state index in [1.165, 1.54) is 19.3 Å². The summed E-state index contributed by atoms with van der Waals surface area (Å²) in [6.45, 7) is 4.87. The molecule has 1 aliphatic rings. The number of aromatic nitrogens is 4. The Labute approximate surface area is 158 Å². The summed E-state index contributed by atoms with van der Waals surface area (Å²) in [6.07, 6.45) is 8.30. The third-order valence-corrected chi connectivity index (χ3v) is 4.98. The molecular formula is C19H25N7O. The first-order valence-electron chi connectivity index (χ1n) is 9.46. The molecule has 4 rings (SSSR count). The molecule has 27 heavy (non-hydrogen) atoms. The molecule has 1 fully saturated rings. The Hall–Kier alpha value is -2.87. The molecule has 4 heterocycles. The van der Waals surface area contributed by atoms with Gasteiger partial charge in [0.1, 0.15) is 11.6 Å². The molecule has 3 N–H and O–H groups in total. The number of piperidine rings is 1. The predicted molar refractivity (Wildman–Crippen MR) is 105 cm³/mol. The minimum absolute atomic E-state index is 0.400. The second kappa shape index (κ2) is 7.79. The van der Waals surface area contributed by atoms with E-state index in [4.69, 9.17) is 10.9 Å². The first-order chi connectivity index (χ1) is 13.3. The summed E-state index contributed by atoms with van der Waals surface area (Å²) in [6, 6.07) is 5.78. The SMILES string of the molecule is CCc1cnn2c(NCc3ccc(ON)nc3)cc(N3CCCCC3)nc12. The van der Waals surface area contributed by atoms with Crippen LogP contribution < -0.4 is 21.0 Å². The van der Waals surface area contributed by atoms with E-state index in [9.17, 15) is 0 Å². The maximum atomic E-state index is 5.13. The van der Waals surface area contributed by atoms with Crippen LogP contribution in [-0.2, 0) is 13.0 Å². The van der Waals surface area contributed by atoms with Crippen molar-refractivity contribution in [2.75, 3.05) is 23.3 Å². The molecule has 0 atom stereocenters. The minimum Gasteiger partial charge on any atom is -0.391 e. The van der Waals surface area contributed by atoms with Gasteiger partial charge in [-0.05, 0) is 31.2 Å². The zero-order chi connectivity index (χ0) is 18.6. The van der Waals surface area contributed by atoms with Crippen molar-refractivity contribution in [2.24, 2.45) is 5.90 Å². The van der Waals surface area contributed by atoms with Crippen molar-refractivity contribution in [1.29, 1.82) is 0 Å². The average molecular weight is 367 g/mol. The van der Waals surface area contributed by atoms with Crippen molar-refractivity contribution in [3.05, 3.63) is 41.7 Å². The minimum atomic E-state index is 0.400. The van der Waals surface area contributed by atoms with E-state index < -0.39 is 0 Å². The van der Waals surface area contributed by atoms with Gasteiger partial charge in [-0.2, -0.15) is 15.5 Å². The fraction of sp³-hybridized carbons (Fsp3) is 0.421. The van der Waals surface area contributed by atoms with Crippen LogP contribution in [0, 0.1) is 0 Å². The molecule has 8 heteroatoms. The van der Waals surface area contributed by atoms with Crippen molar-refractivity contribution < 1.29 is 4.84 Å². The van der Waals surface area contributed by atoms with E-state index in [0.717, 1.165) is 47.9 Å². The van der Waals surface area contributed by atoms with Gasteiger partial charge in [-0.25, -0.2) is 9.97 Å². The lowest BCUT2D eigenvalue weighted by molar-refractivity contribution is 0.320. The third kappa shape index (κ3) is 3.66. The van der Waals surface area contributed by atoms with Crippen molar-refractivity contribution in [3.63, 3.8) is 0 Å². The molecule has 0 aromatic carbocycles. The van der Waals surface area contributed by atoms with E-state index in [2.05, 4.69) is 38.1 Å². The predicted octanol–water partition coefficient (Wildman–Crippen LogP) is 2.54. The highest BCUT2D eigenvalue weighted by Gasteiger charge is 2.17. The number of nitrogens with two attached hydrogens (primary N) is 1. The maximum Gasteiger partial charge on any atom is 0.237 e. The number of fused-ring (bicyclic) bond motifs is 1. The molecule has 142 valence electrons. The summed E-state index contributed by atoms with van der Waals surface area (Å²) in [4.78, 5) is 16.1. The second-order valence-corrected chi connectivity index (χ2v) is 6.78. The highest BCUT2D eigenvalue weighted by atomic mass is 16.6. The van der Waals surface area contributed by atoms with Gasteiger partial charge in [0.25, 0.3) is 0 Å². The lowest BCUT2D eigenvalue weighted by Crippen LogP contribution is -2.30. The van der Waals surface area contributed by atoms with Gasteiger partial charge in [-0.15, -0.1) is 0 Å². The standard InChI is InChI=1S/C19H25N7O/c1-2-15-13-23-26-16(21-11-14-6-7-18(27-20)22-12-14)10-17(24-19(15)26)25-8-4-3-5-9-25/h6-7,10,12-13,21H,2-5,8-9,11,20H2,1H3. The average Bonchev–Trinajstić information content (AvgIpc) is 3.16. The molecule has 1 aliphatic heterocycles. The molecule has 8 nitrogen and oxygen atoms in total. The van der Waals surface area contributed by atoms with E-state index in [0.29, 0.717) is 12.4 Å². The van der Waals surface area contributed by atoms with Crippen LogP contribution in [0.2, 0.25) is 0 Å². The normalized spacial score (nSPS) is 14.5. The van der Waals surface area contributed by atoms with Crippen LogP contribution in [0.5, 0.6) is 5.88 Å². The zero-order valence-corrected chi connectivity index (χ0v) is 15.6. The molecular weight excluding hydrogens is 342 g/mol. The smallest absolute Gasteiger partial charge is 0.237 e. The van der Waals surface area contributed by atoms with Crippen molar-refractivity contribution in [2.45, 2.75) is 39.2 Å². The monoisotopic (exact) mass is 367 g/mol. The first-order valence-corrected chi connectivity index (χ1v) is 9.46. The molecule has 0 saturated carbocycles. The summed E-state index contributed by atoms with van der Waals surface area (Å²) >= 11 is 0. The fourth-order valence-corrected chi connectivity index (χ4v) is 3.43. The number of hydrogen-bond acceptors (Lipinski definition) is 7. The molecule has 3 aromatic heterocycles. The van der Waals surface area contributed by atoms with E-state index in [1.807, 2.05) is 16.8 Å². The summed E-state index contributed by atoms with van der Waals surface area (Å²) in [5, 5.41) is 8.02. The van der Waals surface area contributed by atoms with E-state index in [-0.39, 0.29) is 0 Å². The number of nitrogens with zero attached hydrogens (tertiary/aromatic N) is 5.